The van der Waals surface area contributed by atoms with Gasteiger partial charge in [0.25, 0.3) is 5.91 Å². The Hall–Kier alpha value is -1.66. The Morgan fingerprint density at radius 2 is 2.27 bits per heavy atom. The van der Waals surface area contributed by atoms with Gasteiger partial charge in [-0.1, -0.05) is 0 Å². The highest BCUT2D eigenvalue weighted by atomic mass is 79.9. The second kappa shape index (κ2) is 5.21. The molecule has 0 aromatic carbocycles. The van der Waals surface area contributed by atoms with E-state index in [0.29, 0.717) is 12.2 Å². The summed E-state index contributed by atoms with van der Waals surface area (Å²) in [5, 5.41) is 6.53. The second-order valence-electron chi connectivity index (χ2n) is 5.60. The van der Waals surface area contributed by atoms with Crippen molar-refractivity contribution in [1.29, 1.82) is 0 Å². The van der Waals surface area contributed by atoms with Crippen LogP contribution in [0.3, 0.4) is 0 Å². The summed E-state index contributed by atoms with van der Waals surface area (Å²) in [7, 11) is 0. The summed E-state index contributed by atoms with van der Waals surface area (Å²) >= 11 is 5.20. The average molecular weight is 376 g/mol. The van der Waals surface area contributed by atoms with Crippen LogP contribution < -0.4 is 0 Å². The van der Waals surface area contributed by atoms with Crippen molar-refractivity contribution in [1.82, 2.24) is 14.5 Å². The van der Waals surface area contributed by atoms with Crippen LogP contribution >= 0.6 is 27.3 Å². The van der Waals surface area contributed by atoms with Crippen LogP contribution in [0.1, 0.15) is 27.9 Å². The minimum absolute atomic E-state index is 0.00386. The van der Waals surface area contributed by atoms with Crippen molar-refractivity contribution in [3.05, 3.63) is 56.4 Å². The zero-order valence-corrected chi connectivity index (χ0v) is 14.4. The van der Waals surface area contributed by atoms with E-state index in [9.17, 15) is 4.79 Å². The Morgan fingerprint density at radius 1 is 1.41 bits per heavy atom. The fourth-order valence-corrected chi connectivity index (χ4v) is 4.23. The van der Waals surface area contributed by atoms with Crippen LogP contribution in [0.4, 0.5) is 0 Å². The minimum atomic E-state index is 0.00386. The molecule has 0 bridgehead atoms. The monoisotopic (exact) mass is 375 g/mol. The van der Waals surface area contributed by atoms with Crippen molar-refractivity contribution in [2.45, 2.75) is 25.9 Å². The number of hydrogen-bond acceptors (Lipinski definition) is 3. The van der Waals surface area contributed by atoms with Gasteiger partial charge < -0.3 is 4.90 Å². The number of carbonyl (C=O) groups excluding carboxylic acids is 1. The van der Waals surface area contributed by atoms with Gasteiger partial charge in [-0.25, -0.2) is 4.52 Å². The largest absolute Gasteiger partial charge is 0.330 e. The summed E-state index contributed by atoms with van der Waals surface area (Å²) in [6, 6.07) is 8.07. The molecule has 4 rings (SSSR count). The second-order valence-corrected chi connectivity index (χ2v) is 7.52. The van der Waals surface area contributed by atoms with Gasteiger partial charge in [0, 0.05) is 34.6 Å². The molecular weight excluding hydrogens is 362 g/mol. The lowest BCUT2D eigenvalue weighted by molar-refractivity contribution is 0.0653. The number of nitrogens with zero attached hydrogens (tertiary/aromatic N) is 3. The van der Waals surface area contributed by atoms with Gasteiger partial charge in [0.1, 0.15) is 0 Å². The summed E-state index contributed by atoms with van der Waals surface area (Å²) in [6.45, 7) is 2.78. The normalized spacial score (nSPS) is 17.7. The SMILES string of the molecule is CC1Cc2sccc2CN1C(=O)c1cc2ccc(Br)cn2n1. The molecule has 1 aliphatic rings. The third-order valence-corrected chi connectivity index (χ3v) is 5.55. The molecule has 0 radical (unpaired) electrons. The molecule has 22 heavy (non-hydrogen) atoms. The first-order chi connectivity index (χ1) is 10.6. The number of hydrogen-bond donors (Lipinski definition) is 0. The maximum atomic E-state index is 12.8. The van der Waals surface area contributed by atoms with Crippen LogP contribution in [0.5, 0.6) is 0 Å². The fraction of sp³-hybridized carbons (Fsp3) is 0.250. The van der Waals surface area contributed by atoms with Crippen molar-refractivity contribution >= 4 is 38.7 Å². The number of rotatable bonds is 1. The highest BCUT2D eigenvalue weighted by molar-refractivity contribution is 9.10. The summed E-state index contributed by atoms with van der Waals surface area (Å²) in [5.41, 5.74) is 2.69. The Balaban J connectivity index is 1.68. The van der Waals surface area contributed by atoms with Crippen molar-refractivity contribution in [3.8, 4) is 0 Å². The highest BCUT2D eigenvalue weighted by Crippen LogP contribution is 2.28. The Bertz CT molecular complexity index is 869. The van der Waals surface area contributed by atoms with E-state index in [0.717, 1.165) is 16.4 Å². The van der Waals surface area contributed by atoms with Gasteiger partial charge >= 0.3 is 0 Å². The molecule has 0 N–H and O–H groups in total. The summed E-state index contributed by atoms with van der Waals surface area (Å²) < 4.78 is 2.68. The Kier molecular flexibility index (Phi) is 3.31. The fourth-order valence-electron chi connectivity index (χ4n) is 2.89. The zero-order valence-electron chi connectivity index (χ0n) is 12.0. The van der Waals surface area contributed by atoms with Gasteiger partial charge in [-0.15, -0.1) is 11.3 Å². The average Bonchev–Trinajstić information content (AvgIpc) is 3.10. The predicted molar refractivity (Wildman–Crippen MR) is 90.3 cm³/mol. The van der Waals surface area contributed by atoms with Gasteiger partial charge in [-0.3, -0.25) is 4.79 Å². The first-order valence-corrected chi connectivity index (χ1v) is 8.80. The van der Waals surface area contributed by atoms with Crippen molar-refractivity contribution in [3.63, 3.8) is 0 Å². The van der Waals surface area contributed by atoms with Gasteiger partial charge in [-0.2, -0.15) is 5.10 Å². The quantitative estimate of drug-likeness (QED) is 0.649. The Labute approximate surface area is 140 Å². The van der Waals surface area contributed by atoms with Gasteiger partial charge in [0.15, 0.2) is 5.69 Å². The van der Waals surface area contributed by atoms with Gasteiger partial charge in [0.05, 0.1) is 5.52 Å². The maximum absolute atomic E-state index is 12.8. The number of thiophene rings is 1. The van der Waals surface area contributed by atoms with E-state index in [2.05, 4.69) is 39.4 Å². The standard InChI is InChI=1S/C16H14BrN3OS/c1-10-6-15-11(4-5-22-15)8-19(10)16(21)14-7-13-3-2-12(17)9-20(13)18-14/h2-5,7,9-10H,6,8H2,1H3. The van der Waals surface area contributed by atoms with Crippen LogP contribution in [0, 0.1) is 0 Å². The molecule has 112 valence electrons. The smallest absolute Gasteiger partial charge is 0.274 e. The molecule has 0 fully saturated rings. The molecule has 4 heterocycles. The van der Waals surface area contributed by atoms with Crippen LogP contribution in [0.25, 0.3) is 5.52 Å². The van der Waals surface area contributed by atoms with E-state index < -0.39 is 0 Å². The summed E-state index contributed by atoms with van der Waals surface area (Å²) in [4.78, 5) is 16.2. The van der Waals surface area contributed by atoms with Crippen LogP contribution in [-0.4, -0.2) is 26.5 Å². The topological polar surface area (TPSA) is 37.6 Å². The number of amides is 1. The molecule has 4 nitrogen and oxygen atoms in total. The van der Waals surface area contributed by atoms with Crippen LogP contribution in [0.15, 0.2) is 40.3 Å². The molecule has 6 heteroatoms. The first kappa shape index (κ1) is 14.0. The van der Waals surface area contributed by atoms with E-state index in [1.807, 2.05) is 29.3 Å². The molecule has 1 atom stereocenters. The molecule has 3 aromatic rings. The number of pyridine rings is 1. The molecular formula is C16H14BrN3OS. The van der Waals surface area contributed by atoms with Crippen molar-refractivity contribution in [2.24, 2.45) is 0 Å². The van der Waals surface area contributed by atoms with E-state index in [-0.39, 0.29) is 11.9 Å². The van der Waals surface area contributed by atoms with E-state index >= 15 is 0 Å². The number of halogens is 1. The highest BCUT2D eigenvalue weighted by Gasteiger charge is 2.29. The zero-order chi connectivity index (χ0) is 15.3. The lowest BCUT2D eigenvalue weighted by Crippen LogP contribution is -2.42. The molecule has 1 unspecified atom stereocenters. The van der Waals surface area contributed by atoms with E-state index in [1.165, 1.54) is 10.4 Å². The van der Waals surface area contributed by atoms with E-state index in [1.54, 1.807) is 15.9 Å². The molecule has 0 saturated heterocycles. The number of aromatic nitrogens is 2. The van der Waals surface area contributed by atoms with Gasteiger partial charge in [-0.05, 0) is 58.1 Å². The molecule has 0 saturated carbocycles. The van der Waals surface area contributed by atoms with E-state index in [4.69, 9.17) is 0 Å². The molecule has 3 aromatic heterocycles. The van der Waals surface area contributed by atoms with Crippen molar-refractivity contribution in [2.75, 3.05) is 0 Å². The third kappa shape index (κ3) is 2.27. The lowest BCUT2D eigenvalue weighted by Gasteiger charge is -2.32. The maximum Gasteiger partial charge on any atom is 0.274 e. The molecule has 1 aliphatic heterocycles. The van der Waals surface area contributed by atoms with Gasteiger partial charge in [0.2, 0.25) is 0 Å². The first-order valence-electron chi connectivity index (χ1n) is 7.13. The number of fused-ring (bicyclic) bond motifs is 2. The van der Waals surface area contributed by atoms with Crippen LogP contribution in [-0.2, 0) is 13.0 Å². The number of carbonyl (C=O) groups is 1. The predicted octanol–water partition coefficient (Wildman–Crippen LogP) is 3.75. The molecule has 1 amide bonds. The lowest BCUT2D eigenvalue weighted by atomic mass is 10.0. The summed E-state index contributed by atoms with van der Waals surface area (Å²) in [5.74, 6) is 0.00386. The summed E-state index contributed by atoms with van der Waals surface area (Å²) in [6.07, 6.45) is 2.79. The Morgan fingerprint density at radius 3 is 3.14 bits per heavy atom. The van der Waals surface area contributed by atoms with Crippen molar-refractivity contribution < 1.29 is 4.79 Å². The molecule has 0 aliphatic carbocycles. The molecule has 0 spiro atoms. The van der Waals surface area contributed by atoms with Crippen LogP contribution in [0.2, 0.25) is 0 Å². The minimum Gasteiger partial charge on any atom is -0.330 e. The third-order valence-electron chi connectivity index (χ3n) is 4.09.